The number of hydrogen-bond acceptors (Lipinski definition) is 5. The predicted molar refractivity (Wildman–Crippen MR) is 437 cm³/mol. The number of furan rings is 3. The molecule has 0 aliphatic carbocycles. The Morgan fingerprint density at radius 2 is 0.462 bits per heavy atom. The summed E-state index contributed by atoms with van der Waals surface area (Å²) in [5, 5.41) is 21.3. The molecule has 3 N–H and O–H groups in total. The van der Waals surface area contributed by atoms with Crippen molar-refractivity contribution >= 4 is 198 Å². The summed E-state index contributed by atoms with van der Waals surface area (Å²) >= 11 is 0. The fraction of sp³-hybridized carbons (Fsp3) is 0. The molecule has 0 aliphatic rings. The zero-order valence-electron chi connectivity index (χ0n) is 56.1. The number of nitrogens with one attached hydrogen (secondary N) is 3. The van der Waals surface area contributed by atoms with Gasteiger partial charge in [0.15, 0.2) is 0 Å². The lowest BCUT2D eigenvalue weighted by atomic mass is 9.97. The summed E-state index contributed by atoms with van der Waals surface area (Å²) < 4.78 is 19.5. The second-order valence-corrected chi connectivity index (χ2v) is 26.8. The van der Waals surface area contributed by atoms with Gasteiger partial charge in [-0.3, -0.25) is 0 Å². The summed E-state index contributed by atoms with van der Waals surface area (Å²) in [6.07, 6.45) is 0. The van der Waals surface area contributed by atoms with Gasteiger partial charge in [0.1, 0.15) is 33.5 Å². The molecule has 0 bridgehead atoms. The molecule has 0 atom stereocenters. The smallest absolute Gasteiger partial charge is 0.144 e. The van der Waals surface area contributed by atoms with Crippen LogP contribution < -0.4 is 9.80 Å². The van der Waals surface area contributed by atoms with E-state index >= 15 is 0 Å². The van der Waals surface area contributed by atoms with Crippen LogP contribution >= 0.6 is 0 Å². The molecule has 17 aromatic carbocycles. The molecule has 104 heavy (non-hydrogen) atoms. The van der Waals surface area contributed by atoms with Crippen molar-refractivity contribution in [2.75, 3.05) is 9.80 Å². The molecular weight excluding hydrogens is 1270 g/mol. The average Bonchev–Trinajstić information content (AvgIpc) is 1.55. The van der Waals surface area contributed by atoms with Gasteiger partial charge in [-0.25, -0.2) is 0 Å². The Balaban J connectivity index is 0.000000105. The minimum Gasteiger partial charge on any atom is -0.455 e. The number of para-hydroxylation sites is 8. The minimum atomic E-state index is 0.891. The first-order chi connectivity index (χ1) is 51.6. The quantitative estimate of drug-likeness (QED) is 0.148. The maximum atomic E-state index is 6.61. The van der Waals surface area contributed by atoms with Crippen molar-refractivity contribution in [2.24, 2.45) is 0 Å². The lowest BCUT2D eigenvalue weighted by Gasteiger charge is -2.25. The third kappa shape index (κ3) is 9.32. The van der Waals surface area contributed by atoms with E-state index in [-0.39, 0.29) is 0 Å². The van der Waals surface area contributed by atoms with Crippen molar-refractivity contribution in [3.05, 3.63) is 352 Å². The first-order valence-corrected chi connectivity index (χ1v) is 35.3. The average molecular weight is 1330 g/mol. The Morgan fingerprint density at radius 3 is 0.875 bits per heavy atom. The number of nitrogens with zero attached hydrogens (tertiary/aromatic N) is 2. The van der Waals surface area contributed by atoms with Crippen LogP contribution in [0, 0.1) is 0 Å². The first kappa shape index (κ1) is 58.8. The van der Waals surface area contributed by atoms with E-state index in [0.29, 0.717) is 0 Å². The third-order valence-electron chi connectivity index (χ3n) is 20.9. The third-order valence-corrected chi connectivity index (χ3v) is 20.9. The topological polar surface area (TPSA) is 93.3 Å². The summed E-state index contributed by atoms with van der Waals surface area (Å²) in [6.45, 7) is 0. The van der Waals surface area contributed by atoms with Crippen molar-refractivity contribution in [1.82, 2.24) is 15.0 Å². The van der Waals surface area contributed by atoms with Crippen LogP contribution in [0.1, 0.15) is 0 Å². The highest BCUT2D eigenvalue weighted by Crippen LogP contribution is 2.49. The molecule has 0 aliphatic heterocycles. The number of aromatic nitrogens is 3. The standard InChI is InChI=1S/C40H26N2O.C34H22N2O.C22H13NO/c1-3-11-28(12-4-1)42(29-13-5-2-6-14-29)30-22-19-26(20-23-30)27-21-24-36-34(25-27)38-37-33-17-9-10-18-35(33)41-39(37)31-15-7-8-16-32(31)40(38)43-36;1-3-11-22(12-4-1)36(23-13-5-2-6-14-23)24-19-20-30-28(21-24)32-31-27-17-9-10-18-29(27)35-33(31)25-15-7-8-16-26(25)34(32)37-30;1-2-8-14-13(7-1)21-19(15-9-3-5-11-17(15)23-21)20-16-10-4-6-12-18(16)24-22(14)20/h1-25,41H;1-21,35H;1-12,23H. The molecule has 0 saturated heterocycles. The maximum absolute atomic E-state index is 6.61. The largest absolute Gasteiger partial charge is 0.455 e. The zero-order valence-corrected chi connectivity index (χ0v) is 56.1. The molecule has 488 valence electrons. The lowest BCUT2D eigenvalue weighted by molar-refractivity contribution is 0.672. The lowest BCUT2D eigenvalue weighted by Crippen LogP contribution is -2.09. The van der Waals surface area contributed by atoms with Gasteiger partial charge in [-0.2, -0.15) is 0 Å². The van der Waals surface area contributed by atoms with Gasteiger partial charge in [0.25, 0.3) is 0 Å². The zero-order chi connectivity index (χ0) is 68.3. The van der Waals surface area contributed by atoms with Gasteiger partial charge in [0.2, 0.25) is 0 Å². The molecule has 8 nitrogen and oxygen atoms in total. The van der Waals surface area contributed by atoms with Crippen LogP contribution in [0.4, 0.5) is 34.1 Å². The summed E-state index contributed by atoms with van der Waals surface area (Å²) in [4.78, 5) is 15.6. The molecule has 8 heteroatoms. The molecule has 0 unspecified atom stereocenters. The van der Waals surface area contributed by atoms with Crippen molar-refractivity contribution in [3.8, 4) is 11.1 Å². The van der Waals surface area contributed by atoms with Crippen molar-refractivity contribution in [2.45, 2.75) is 0 Å². The molecule has 0 amide bonds. The van der Waals surface area contributed by atoms with Gasteiger partial charge < -0.3 is 38.0 Å². The molecule has 0 radical (unpaired) electrons. The van der Waals surface area contributed by atoms with E-state index in [1.54, 1.807) is 0 Å². The normalized spacial score (nSPS) is 11.8. The number of anilines is 6. The number of hydrogen-bond donors (Lipinski definition) is 3. The van der Waals surface area contributed by atoms with Crippen LogP contribution in [0.25, 0.3) is 175 Å². The highest BCUT2D eigenvalue weighted by Gasteiger charge is 2.25. The maximum Gasteiger partial charge on any atom is 0.144 e. The van der Waals surface area contributed by atoms with Crippen molar-refractivity contribution in [1.29, 1.82) is 0 Å². The SMILES string of the molecule is c1ccc(N(c2ccccc2)c2ccc(-c3ccc4oc5c6ccccc6c6[nH]c7ccccc7c6c5c4c3)cc2)cc1.c1ccc(N(c2ccccc2)c2ccc3oc4c5ccccc5c5[nH]c6ccccc6c5c4c3c2)cc1.c1ccc2c(c1)[nH]c1c3ccccc3c3oc4ccccc4c3c21. The van der Waals surface area contributed by atoms with Crippen molar-refractivity contribution < 1.29 is 13.3 Å². The van der Waals surface area contributed by atoms with Crippen LogP contribution in [0.5, 0.6) is 0 Å². The van der Waals surface area contributed by atoms with Gasteiger partial charge in [-0.1, -0.05) is 237 Å². The molecule has 23 rings (SSSR count). The highest BCUT2D eigenvalue weighted by molar-refractivity contribution is 6.38. The van der Waals surface area contributed by atoms with Crippen LogP contribution in [0.3, 0.4) is 0 Å². The van der Waals surface area contributed by atoms with Crippen LogP contribution in [0.2, 0.25) is 0 Å². The molecular formula is C96H61N5O3. The molecule has 0 saturated carbocycles. The number of fused-ring (bicyclic) bond motifs is 30. The Bertz CT molecular complexity index is 7100. The monoisotopic (exact) mass is 1330 g/mol. The number of benzene rings is 17. The second kappa shape index (κ2) is 23.8. The summed E-state index contributed by atoms with van der Waals surface area (Å²) in [5.41, 5.74) is 21.5. The van der Waals surface area contributed by atoms with E-state index in [0.717, 1.165) is 139 Å². The molecule has 6 heterocycles. The summed E-state index contributed by atoms with van der Waals surface area (Å²) in [6, 6.07) is 123. The Morgan fingerprint density at radius 1 is 0.183 bits per heavy atom. The number of aromatic amines is 3. The number of H-pyrrole nitrogens is 3. The number of rotatable bonds is 7. The van der Waals surface area contributed by atoms with Crippen LogP contribution in [-0.2, 0) is 0 Å². The molecule has 23 aromatic rings. The van der Waals surface area contributed by atoms with Gasteiger partial charge >= 0.3 is 0 Å². The Hall–Kier alpha value is -14.1. The van der Waals surface area contributed by atoms with Crippen LogP contribution in [0.15, 0.2) is 365 Å². The second-order valence-electron chi connectivity index (χ2n) is 26.8. The molecule has 0 spiro atoms. The predicted octanol–water partition coefficient (Wildman–Crippen LogP) is 27.7. The first-order valence-electron chi connectivity index (χ1n) is 35.3. The van der Waals surface area contributed by atoms with E-state index in [2.05, 4.69) is 364 Å². The fourth-order valence-corrected chi connectivity index (χ4v) is 16.4. The van der Waals surface area contributed by atoms with E-state index in [4.69, 9.17) is 13.3 Å². The van der Waals surface area contributed by atoms with E-state index in [9.17, 15) is 0 Å². The van der Waals surface area contributed by atoms with Gasteiger partial charge in [0, 0.05) is 148 Å². The minimum absolute atomic E-state index is 0.891. The van der Waals surface area contributed by atoms with E-state index in [1.807, 2.05) is 12.1 Å². The van der Waals surface area contributed by atoms with Gasteiger partial charge in [0.05, 0.1) is 16.6 Å². The highest BCUT2D eigenvalue weighted by atomic mass is 16.3. The summed E-state index contributed by atoms with van der Waals surface area (Å²) in [5.74, 6) is 0. The van der Waals surface area contributed by atoms with E-state index in [1.165, 1.54) is 70.2 Å². The van der Waals surface area contributed by atoms with Gasteiger partial charge in [-0.05, 0) is 126 Å². The van der Waals surface area contributed by atoms with E-state index < -0.39 is 0 Å². The van der Waals surface area contributed by atoms with Crippen molar-refractivity contribution in [3.63, 3.8) is 0 Å². The molecule has 6 aromatic heterocycles. The Kier molecular flexibility index (Phi) is 13.5. The fourth-order valence-electron chi connectivity index (χ4n) is 16.4. The Labute approximate surface area is 595 Å². The summed E-state index contributed by atoms with van der Waals surface area (Å²) in [7, 11) is 0. The molecule has 0 fully saturated rings. The van der Waals surface area contributed by atoms with Crippen LogP contribution in [-0.4, -0.2) is 15.0 Å². The van der Waals surface area contributed by atoms with Gasteiger partial charge in [-0.15, -0.1) is 0 Å².